The molecule has 3 aliphatic carbocycles. The Bertz CT molecular complexity index is 376. The Morgan fingerprint density at radius 3 is 2.00 bits per heavy atom. The molecule has 1 nitrogen and oxygen atoms in total. The maximum atomic E-state index is 2.62. The van der Waals surface area contributed by atoms with Gasteiger partial charge in [0.05, 0.1) is 26.2 Å². The predicted molar refractivity (Wildman–Crippen MR) is 68.4 cm³/mol. The zero-order valence-corrected chi connectivity index (χ0v) is 10.8. The molecular weight excluding hydrogens is 206 g/mol. The zero-order chi connectivity index (χ0) is 11.1. The largest absolute Gasteiger partial charge is 0.323 e. The lowest BCUT2D eigenvalue weighted by molar-refractivity contribution is -0.911. The van der Waals surface area contributed by atoms with Crippen LogP contribution in [0.15, 0.2) is 12.2 Å². The van der Waals surface area contributed by atoms with E-state index in [9.17, 15) is 0 Å². The van der Waals surface area contributed by atoms with Gasteiger partial charge in [0.25, 0.3) is 0 Å². The van der Waals surface area contributed by atoms with E-state index in [1.165, 1.54) is 43.3 Å². The van der Waals surface area contributed by atoms with Crippen LogP contribution in [0, 0.1) is 22.7 Å². The SMILES string of the molecule is C1=CC2CC1C13CCCC21C[N+]1(CCCC1)C3. The lowest BCUT2D eigenvalue weighted by Gasteiger charge is -2.37. The Balaban J connectivity index is 1.66. The normalized spacial score (nSPS) is 56.9. The summed E-state index contributed by atoms with van der Waals surface area (Å²) in [5, 5.41) is 0. The van der Waals surface area contributed by atoms with Crippen molar-refractivity contribution in [2.45, 2.75) is 38.5 Å². The third-order valence-corrected chi connectivity index (χ3v) is 7.49. The average Bonchev–Trinajstić information content (AvgIpc) is 3.02. The number of nitrogens with zero attached hydrogens (tertiary/aromatic N) is 1. The molecule has 0 aromatic carbocycles. The summed E-state index contributed by atoms with van der Waals surface area (Å²) in [5.41, 5.74) is 1.55. The smallest absolute Gasteiger partial charge is 0.0857 e. The molecule has 1 spiro atoms. The summed E-state index contributed by atoms with van der Waals surface area (Å²) in [6.45, 7) is 6.17. The second-order valence-electron chi connectivity index (χ2n) is 7.81. The minimum atomic E-state index is 0.775. The first kappa shape index (κ1) is 9.61. The van der Waals surface area contributed by atoms with Crippen LogP contribution >= 0.6 is 0 Å². The van der Waals surface area contributed by atoms with E-state index in [0.29, 0.717) is 0 Å². The second kappa shape index (κ2) is 2.66. The summed E-state index contributed by atoms with van der Waals surface area (Å²) in [5.74, 6) is 1.96. The van der Waals surface area contributed by atoms with Crippen LogP contribution in [0.5, 0.6) is 0 Å². The fourth-order valence-electron chi connectivity index (χ4n) is 7.13. The van der Waals surface area contributed by atoms with Gasteiger partial charge in [-0.1, -0.05) is 18.6 Å². The number of hydrogen-bond acceptors (Lipinski definition) is 0. The molecule has 1 heteroatoms. The summed E-state index contributed by atoms with van der Waals surface area (Å²) in [7, 11) is 0. The maximum absolute atomic E-state index is 2.62. The van der Waals surface area contributed by atoms with Gasteiger partial charge in [-0.15, -0.1) is 0 Å². The van der Waals surface area contributed by atoms with Crippen LogP contribution in [0.1, 0.15) is 38.5 Å². The zero-order valence-electron chi connectivity index (χ0n) is 10.8. The molecule has 0 radical (unpaired) electrons. The topological polar surface area (TPSA) is 0 Å². The van der Waals surface area contributed by atoms with E-state index in [4.69, 9.17) is 0 Å². The Kier molecular flexibility index (Phi) is 1.50. The Morgan fingerprint density at radius 1 is 0.824 bits per heavy atom. The molecule has 5 aliphatic rings. The predicted octanol–water partition coefficient (Wildman–Crippen LogP) is 2.97. The molecule has 2 aliphatic heterocycles. The number of rotatable bonds is 0. The number of allylic oxidation sites excluding steroid dienone is 2. The van der Waals surface area contributed by atoms with Gasteiger partial charge < -0.3 is 4.48 Å². The fourth-order valence-corrected chi connectivity index (χ4v) is 7.13. The van der Waals surface area contributed by atoms with Crippen molar-refractivity contribution in [1.29, 1.82) is 0 Å². The molecule has 0 amide bonds. The van der Waals surface area contributed by atoms with Gasteiger partial charge in [-0.05, 0) is 31.1 Å². The molecule has 0 N–H and O–H groups in total. The van der Waals surface area contributed by atoms with Gasteiger partial charge in [-0.25, -0.2) is 0 Å². The summed E-state index contributed by atoms with van der Waals surface area (Å²) < 4.78 is 1.54. The molecule has 2 bridgehead atoms. The summed E-state index contributed by atoms with van der Waals surface area (Å²) in [6.07, 6.45) is 14.5. The van der Waals surface area contributed by atoms with Crippen molar-refractivity contribution in [3.8, 4) is 0 Å². The van der Waals surface area contributed by atoms with Crippen molar-refractivity contribution >= 4 is 0 Å². The lowest BCUT2D eigenvalue weighted by atomic mass is 9.62. The molecule has 0 aromatic heterocycles. The first-order chi connectivity index (χ1) is 8.29. The van der Waals surface area contributed by atoms with Crippen LogP contribution in [0.2, 0.25) is 0 Å². The van der Waals surface area contributed by atoms with Gasteiger partial charge in [0, 0.05) is 23.7 Å². The van der Waals surface area contributed by atoms with Crippen molar-refractivity contribution in [3.63, 3.8) is 0 Å². The van der Waals surface area contributed by atoms with E-state index in [0.717, 1.165) is 22.7 Å². The molecular formula is C16H24N+. The quantitative estimate of drug-likeness (QED) is 0.443. The summed E-state index contributed by atoms with van der Waals surface area (Å²) in [6, 6.07) is 0. The highest BCUT2D eigenvalue weighted by Gasteiger charge is 2.75. The highest BCUT2D eigenvalue weighted by Crippen LogP contribution is 2.75. The molecule has 5 rings (SSSR count). The highest BCUT2D eigenvalue weighted by molar-refractivity contribution is 5.28. The van der Waals surface area contributed by atoms with Crippen molar-refractivity contribution < 1.29 is 4.48 Å². The van der Waals surface area contributed by atoms with Crippen molar-refractivity contribution in [1.82, 2.24) is 0 Å². The molecule has 4 fully saturated rings. The van der Waals surface area contributed by atoms with E-state index in [2.05, 4.69) is 12.2 Å². The molecule has 2 saturated heterocycles. The van der Waals surface area contributed by atoms with Crippen LogP contribution in [0.4, 0.5) is 0 Å². The first-order valence-corrected chi connectivity index (χ1v) is 7.82. The first-order valence-electron chi connectivity index (χ1n) is 7.82. The molecule has 4 unspecified atom stereocenters. The molecule has 2 saturated carbocycles. The summed E-state index contributed by atoms with van der Waals surface area (Å²) >= 11 is 0. The third-order valence-electron chi connectivity index (χ3n) is 7.49. The van der Waals surface area contributed by atoms with Crippen molar-refractivity contribution in [2.24, 2.45) is 22.7 Å². The van der Waals surface area contributed by atoms with Gasteiger partial charge >= 0.3 is 0 Å². The summed E-state index contributed by atoms with van der Waals surface area (Å²) in [4.78, 5) is 0. The van der Waals surface area contributed by atoms with Gasteiger partial charge in [0.1, 0.15) is 0 Å². The van der Waals surface area contributed by atoms with Crippen LogP contribution in [0.25, 0.3) is 0 Å². The minimum absolute atomic E-state index is 0.775. The van der Waals surface area contributed by atoms with Gasteiger partial charge in [0.2, 0.25) is 0 Å². The number of fused-ring (bicyclic) bond motifs is 2. The second-order valence-corrected chi connectivity index (χ2v) is 7.81. The molecule has 4 atom stereocenters. The van der Waals surface area contributed by atoms with E-state index < -0.39 is 0 Å². The van der Waals surface area contributed by atoms with Crippen LogP contribution in [-0.4, -0.2) is 30.7 Å². The Morgan fingerprint density at radius 2 is 1.41 bits per heavy atom. The van der Waals surface area contributed by atoms with E-state index >= 15 is 0 Å². The third kappa shape index (κ3) is 0.855. The van der Waals surface area contributed by atoms with Crippen LogP contribution in [-0.2, 0) is 0 Å². The average molecular weight is 230 g/mol. The van der Waals surface area contributed by atoms with Crippen LogP contribution < -0.4 is 0 Å². The van der Waals surface area contributed by atoms with Crippen molar-refractivity contribution in [2.75, 3.05) is 26.2 Å². The van der Waals surface area contributed by atoms with Gasteiger partial charge in [-0.2, -0.15) is 0 Å². The van der Waals surface area contributed by atoms with Gasteiger partial charge in [-0.3, -0.25) is 0 Å². The van der Waals surface area contributed by atoms with E-state index in [1.807, 2.05) is 0 Å². The number of quaternary nitrogens is 1. The molecule has 2 heterocycles. The van der Waals surface area contributed by atoms with E-state index in [1.54, 1.807) is 25.9 Å². The minimum Gasteiger partial charge on any atom is -0.323 e. The molecule has 92 valence electrons. The monoisotopic (exact) mass is 230 g/mol. The Labute approximate surface area is 104 Å². The lowest BCUT2D eigenvalue weighted by Crippen LogP contribution is -2.46. The van der Waals surface area contributed by atoms with Crippen LogP contribution in [0.3, 0.4) is 0 Å². The van der Waals surface area contributed by atoms with Gasteiger partial charge in [0.15, 0.2) is 0 Å². The molecule has 0 aromatic rings. The van der Waals surface area contributed by atoms with Crippen molar-refractivity contribution in [3.05, 3.63) is 12.2 Å². The number of hydrogen-bond donors (Lipinski definition) is 0. The fraction of sp³-hybridized carbons (Fsp3) is 0.875. The molecule has 17 heavy (non-hydrogen) atoms. The highest BCUT2D eigenvalue weighted by atomic mass is 15.4. The maximum Gasteiger partial charge on any atom is 0.0857 e. The standard InChI is InChI=1S/C16H24N/c1-2-9-17(8-1)11-15-6-3-7-16(15,12-17)14-5-4-13(15)10-14/h4-5,13-14H,1-3,6-12H2/q+1. The van der Waals surface area contributed by atoms with E-state index in [-0.39, 0.29) is 0 Å². The Hall–Kier alpha value is -0.300.